The Hall–Kier alpha value is -1.85. The number of amides is 1. The van der Waals surface area contributed by atoms with Crippen molar-refractivity contribution in [3.8, 4) is 0 Å². The van der Waals surface area contributed by atoms with Crippen LogP contribution >= 0.6 is 12.4 Å². The second kappa shape index (κ2) is 6.74. The number of carbonyl (C=O) groups is 1. The van der Waals surface area contributed by atoms with Crippen LogP contribution in [-0.4, -0.2) is 30.0 Å². The smallest absolute Gasteiger partial charge is 0.268 e. The Kier molecular flexibility index (Phi) is 4.98. The first kappa shape index (κ1) is 15.5. The number of benzene rings is 1. The van der Waals surface area contributed by atoms with E-state index in [1.54, 1.807) is 12.1 Å². The van der Waals surface area contributed by atoms with Crippen LogP contribution < -0.4 is 16.2 Å². The number of hydrogen-bond acceptors (Lipinski definition) is 3. The van der Waals surface area contributed by atoms with Crippen molar-refractivity contribution in [2.75, 3.05) is 13.1 Å². The van der Waals surface area contributed by atoms with Crippen LogP contribution in [0.25, 0.3) is 10.8 Å². The molecule has 0 radical (unpaired) electrons. The van der Waals surface area contributed by atoms with Crippen LogP contribution in [0.4, 0.5) is 0 Å². The van der Waals surface area contributed by atoms with E-state index in [4.69, 9.17) is 0 Å². The van der Waals surface area contributed by atoms with Crippen molar-refractivity contribution >= 4 is 29.1 Å². The maximum absolute atomic E-state index is 12.2. The van der Waals surface area contributed by atoms with Crippen LogP contribution in [0, 0.1) is 0 Å². The van der Waals surface area contributed by atoms with Crippen molar-refractivity contribution in [3.05, 3.63) is 46.4 Å². The van der Waals surface area contributed by atoms with Gasteiger partial charge in [0.05, 0.1) is 0 Å². The molecule has 0 spiro atoms. The number of fused-ring (bicyclic) bond motifs is 1. The number of hydrogen-bond donors (Lipinski definition) is 3. The van der Waals surface area contributed by atoms with Gasteiger partial charge >= 0.3 is 0 Å². The van der Waals surface area contributed by atoms with Crippen LogP contribution in [-0.2, 0) is 0 Å². The van der Waals surface area contributed by atoms with Gasteiger partial charge in [-0.1, -0.05) is 18.2 Å². The van der Waals surface area contributed by atoms with Crippen LogP contribution in [0.3, 0.4) is 0 Å². The summed E-state index contributed by atoms with van der Waals surface area (Å²) in [6, 6.07) is 9.11. The van der Waals surface area contributed by atoms with Gasteiger partial charge in [0, 0.05) is 18.0 Å². The number of pyridine rings is 1. The minimum Gasteiger partial charge on any atom is -0.347 e. The standard InChI is InChI=1S/C15H17N3O2.ClH/c19-14-12-6-2-1-4-10(12)8-13(18-14)15(20)17-11-5-3-7-16-9-11;/h1-2,4,6,8,11,16H,3,5,7,9H2,(H,17,20)(H,18,19);1H. The normalized spacial score (nSPS) is 18.0. The first-order valence-electron chi connectivity index (χ1n) is 6.88. The third-order valence-electron chi connectivity index (χ3n) is 3.63. The predicted octanol–water partition coefficient (Wildman–Crippen LogP) is 1.43. The molecule has 1 aromatic heterocycles. The fourth-order valence-corrected chi connectivity index (χ4v) is 2.57. The van der Waals surface area contributed by atoms with Crippen molar-refractivity contribution in [2.45, 2.75) is 18.9 Å². The number of nitrogens with one attached hydrogen (secondary N) is 3. The minimum atomic E-state index is -0.227. The third-order valence-corrected chi connectivity index (χ3v) is 3.63. The zero-order valence-corrected chi connectivity index (χ0v) is 12.3. The molecule has 1 amide bonds. The molecule has 1 saturated heterocycles. The Labute approximate surface area is 128 Å². The summed E-state index contributed by atoms with van der Waals surface area (Å²) in [6.45, 7) is 1.78. The molecule has 21 heavy (non-hydrogen) atoms. The van der Waals surface area contributed by atoms with Crippen molar-refractivity contribution < 1.29 is 4.79 Å². The second-order valence-corrected chi connectivity index (χ2v) is 5.12. The van der Waals surface area contributed by atoms with Gasteiger partial charge in [-0.05, 0) is 36.9 Å². The summed E-state index contributed by atoms with van der Waals surface area (Å²) >= 11 is 0. The lowest BCUT2D eigenvalue weighted by molar-refractivity contribution is 0.0925. The zero-order chi connectivity index (χ0) is 13.9. The summed E-state index contributed by atoms with van der Waals surface area (Å²) in [5, 5.41) is 7.58. The van der Waals surface area contributed by atoms with E-state index in [-0.39, 0.29) is 29.9 Å². The second-order valence-electron chi connectivity index (χ2n) is 5.12. The lowest BCUT2D eigenvalue weighted by Crippen LogP contribution is -2.46. The zero-order valence-electron chi connectivity index (χ0n) is 11.5. The summed E-state index contributed by atoms with van der Waals surface area (Å²) in [7, 11) is 0. The molecule has 6 heteroatoms. The van der Waals surface area contributed by atoms with Gasteiger partial charge in [0.25, 0.3) is 11.5 Å². The molecule has 112 valence electrons. The number of carbonyl (C=O) groups excluding carboxylic acids is 1. The number of piperidine rings is 1. The molecular formula is C15H18ClN3O2. The maximum atomic E-state index is 12.2. The highest BCUT2D eigenvalue weighted by Crippen LogP contribution is 2.10. The maximum Gasteiger partial charge on any atom is 0.268 e. The van der Waals surface area contributed by atoms with Crippen LogP contribution in [0.5, 0.6) is 0 Å². The van der Waals surface area contributed by atoms with Gasteiger partial charge in [0.15, 0.2) is 0 Å². The molecule has 3 rings (SSSR count). The average Bonchev–Trinajstić information content (AvgIpc) is 2.48. The molecule has 1 unspecified atom stereocenters. The molecule has 1 fully saturated rings. The number of aromatic amines is 1. The first-order valence-corrected chi connectivity index (χ1v) is 6.88. The molecule has 0 bridgehead atoms. The fourth-order valence-electron chi connectivity index (χ4n) is 2.57. The van der Waals surface area contributed by atoms with Crippen molar-refractivity contribution in [3.63, 3.8) is 0 Å². The van der Waals surface area contributed by atoms with Crippen LogP contribution in [0.2, 0.25) is 0 Å². The molecule has 1 aromatic carbocycles. The van der Waals surface area contributed by atoms with E-state index in [0.717, 1.165) is 31.3 Å². The summed E-state index contributed by atoms with van der Waals surface area (Å²) in [5.74, 6) is -0.221. The number of rotatable bonds is 2. The molecule has 0 saturated carbocycles. The van der Waals surface area contributed by atoms with Gasteiger partial charge < -0.3 is 15.6 Å². The van der Waals surface area contributed by atoms with Gasteiger partial charge in [-0.15, -0.1) is 12.4 Å². The molecular weight excluding hydrogens is 290 g/mol. The third kappa shape index (κ3) is 3.43. The van der Waals surface area contributed by atoms with E-state index in [2.05, 4.69) is 15.6 Å². The van der Waals surface area contributed by atoms with Crippen molar-refractivity contribution in [2.24, 2.45) is 0 Å². The molecule has 1 aliphatic rings. The summed E-state index contributed by atoms with van der Waals surface area (Å²) in [5.41, 5.74) is 0.0919. The predicted molar refractivity (Wildman–Crippen MR) is 85.2 cm³/mol. The molecule has 2 aromatic rings. The van der Waals surface area contributed by atoms with E-state index in [1.165, 1.54) is 0 Å². The average molecular weight is 308 g/mol. The lowest BCUT2D eigenvalue weighted by Gasteiger charge is -2.23. The Morgan fingerprint density at radius 1 is 1.29 bits per heavy atom. The fraction of sp³-hybridized carbons (Fsp3) is 0.333. The Balaban J connectivity index is 0.00000161. The largest absolute Gasteiger partial charge is 0.347 e. The molecule has 3 N–H and O–H groups in total. The highest BCUT2D eigenvalue weighted by atomic mass is 35.5. The summed E-state index contributed by atoms with van der Waals surface area (Å²) < 4.78 is 0. The monoisotopic (exact) mass is 307 g/mol. The summed E-state index contributed by atoms with van der Waals surface area (Å²) in [6.07, 6.45) is 2.02. The Morgan fingerprint density at radius 2 is 2.10 bits per heavy atom. The number of H-pyrrole nitrogens is 1. The highest BCUT2D eigenvalue weighted by molar-refractivity contribution is 5.96. The first-order chi connectivity index (χ1) is 9.74. The highest BCUT2D eigenvalue weighted by Gasteiger charge is 2.17. The Bertz CT molecular complexity index is 693. The quantitative estimate of drug-likeness (QED) is 0.786. The van der Waals surface area contributed by atoms with Crippen molar-refractivity contribution in [1.29, 1.82) is 0 Å². The van der Waals surface area contributed by atoms with Crippen molar-refractivity contribution in [1.82, 2.24) is 15.6 Å². The Morgan fingerprint density at radius 3 is 2.86 bits per heavy atom. The summed E-state index contributed by atoms with van der Waals surface area (Å²) in [4.78, 5) is 26.8. The van der Waals surface area contributed by atoms with Gasteiger partial charge in [-0.2, -0.15) is 0 Å². The molecule has 2 heterocycles. The lowest BCUT2D eigenvalue weighted by atomic mass is 10.1. The minimum absolute atomic E-state index is 0. The van der Waals surface area contributed by atoms with Crippen LogP contribution in [0.15, 0.2) is 35.1 Å². The van der Waals surface area contributed by atoms with E-state index in [1.807, 2.05) is 18.2 Å². The van der Waals surface area contributed by atoms with Gasteiger partial charge in [0.2, 0.25) is 0 Å². The van der Waals surface area contributed by atoms with E-state index < -0.39 is 0 Å². The van der Waals surface area contributed by atoms with Crippen LogP contribution in [0.1, 0.15) is 23.3 Å². The molecule has 1 aliphatic heterocycles. The molecule has 1 atom stereocenters. The van der Waals surface area contributed by atoms with Gasteiger partial charge in [0.1, 0.15) is 5.69 Å². The molecule has 5 nitrogen and oxygen atoms in total. The number of aromatic nitrogens is 1. The van der Waals surface area contributed by atoms with E-state index in [9.17, 15) is 9.59 Å². The van der Waals surface area contributed by atoms with Gasteiger partial charge in [-0.3, -0.25) is 9.59 Å². The SMILES string of the molecule is Cl.O=C(NC1CCCNC1)c1cc2ccccc2c(=O)[nH]1. The molecule has 0 aliphatic carbocycles. The van der Waals surface area contributed by atoms with E-state index in [0.29, 0.717) is 11.1 Å². The topological polar surface area (TPSA) is 74.0 Å². The van der Waals surface area contributed by atoms with E-state index >= 15 is 0 Å². The number of halogens is 1. The van der Waals surface area contributed by atoms with Gasteiger partial charge in [-0.25, -0.2) is 0 Å².